The molecule has 0 aromatic heterocycles. The van der Waals surface area contributed by atoms with Gasteiger partial charge in [0.15, 0.2) is 5.78 Å². The fraction of sp³-hybridized carbons (Fsp3) is 0.379. The maximum Gasteiger partial charge on any atom is 0.336 e. The van der Waals surface area contributed by atoms with Gasteiger partial charge in [-0.05, 0) is 49.9 Å². The number of ketones is 1. The second-order valence-electron chi connectivity index (χ2n) is 8.87. The van der Waals surface area contributed by atoms with Crippen molar-refractivity contribution in [1.82, 2.24) is 5.32 Å². The molecule has 7 heteroatoms. The fourth-order valence-electron chi connectivity index (χ4n) is 5.06. The van der Waals surface area contributed by atoms with Crippen LogP contribution >= 0.6 is 0 Å². The molecule has 0 unspecified atom stereocenters. The number of methoxy groups -OCH3 is 2. The Balaban J connectivity index is 1.79. The normalized spacial score (nSPS) is 19.5. The quantitative estimate of drug-likeness (QED) is 0.404. The topological polar surface area (TPSA) is 83.1 Å². The molecule has 190 valence electrons. The van der Waals surface area contributed by atoms with Crippen LogP contribution in [0.25, 0.3) is 0 Å². The molecular formula is C29H33NO6. The molecule has 1 heterocycles. The lowest BCUT2D eigenvalue weighted by Crippen LogP contribution is -2.36. The van der Waals surface area contributed by atoms with Crippen LogP contribution in [-0.2, 0) is 19.1 Å². The van der Waals surface area contributed by atoms with Gasteiger partial charge in [-0.3, -0.25) is 4.79 Å². The second-order valence-corrected chi connectivity index (χ2v) is 8.87. The molecule has 7 nitrogen and oxygen atoms in total. The molecule has 0 bridgehead atoms. The van der Waals surface area contributed by atoms with Crippen LogP contribution in [0.4, 0.5) is 0 Å². The van der Waals surface area contributed by atoms with Gasteiger partial charge in [-0.15, -0.1) is 0 Å². The lowest BCUT2D eigenvalue weighted by molar-refractivity contribution is -0.140. The van der Waals surface area contributed by atoms with Gasteiger partial charge in [-0.25, -0.2) is 4.79 Å². The lowest BCUT2D eigenvalue weighted by Gasteiger charge is -2.37. The average molecular weight is 492 g/mol. The van der Waals surface area contributed by atoms with Crippen molar-refractivity contribution in [3.8, 4) is 11.5 Å². The van der Waals surface area contributed by atoms with E-state index >= 15 is 0 Å². The zero-order chi connectivity index (χ0) is 25.7. The van der Waals surface area contributed by atoms with Crippen molar-refractivity contribution < 1.29 is 28.5 Å². The van der Waals surface area contributed by atoms with Crippen LogP contribution in [0.15, 0.2) is 71.1 Å². The third-order valence-corrected chi connectivity index (χ3v) is 6.73. The van der Waals surface area contributed by atoms with E-state index in [1.54, 1.807) is 26.4 Å². The Kier molecular flexibility index (Phi) is 8.10. The smallest absolute Gasteiger partial charge is 0.336 e. The van der Waals surface area contributed by atoms with Crippen LogP contribution in [0.1, 0.15) is 49.7 Å². The van der Waals surface area contributed by atoms with Gasteiger partial charge in [-0.1, -0.05) is 30.3 Å². The molecule has 0 saturated heterocycles. The molecule has 36 heavy (non-hydrogen) atoms. The summed E-state index contributed by atoms with van der Waals surface area (Å²) in [6.45, 7) is 4.70. The maximum atomic E-state index is 13.8. The van der Waals surface area contributed by atoms with Gasteiger partial charge in [0.05, 0.1) is 32.3 Å². The van der Waals surface area contributed by atoms with Gasteiger partial charge >= 0.3 is 5.97 Å². The van der Waals surface area contributed by atoms with Crippen LogP contribution in [0.3, 0.4) is 0 Å². The van der Waals surface area contributed by atoms with E-state index in [4.69, 9.17) is 18.9 Å². The van der Waals surface area contributed by atoms with E-state index in [-0.39, 0.29) is 18.3 Å². The summed E-state index contributed by atoms with van der Waals surface area (Å²) in [5.74, 6) is 0.109. The molecule has 4 rings (SSSR count). The number of carbonyl (C=O) groups excluding carboxylic acids is 2. The number of carbonyl (C=O) groups is 2. The standard InChI is InChI=1S/C29H33NO6/c1-5-35-13-14-36-29(32)26-18(2)30-23-15-20(19-9-7-6-8-10-19)16-24(31)28(23)27(26)22-17-21(33-3)11-12-25(22)34-4/h6-12,17,20,27,30H,5,13-16H2,1-4H3/t20-,27-/m1/s1. The van der Waals surface area contributed by atoms with Gasteiger partial charge in [0.25, 0.3) is 0 Å². The average Bonchev–Trinajstić information content (AvgIpc) is 2.90. The molecule has 1 aliphatic heterocycles. The Morgan fingerprint density at radius 1 is 1.03 bits per heavy atom. The number of nitrogens with one attached hydrogen (secondary N) is 1. The fourth-order valence-corrected chi connectivity index (χ4v) is 5.06. The van der Waals surface area contributed by atoms with Crippen molar-refractivity contribution in [2.45, 2.75) is 38.5 Å². The van der Waals surface area contributed by atoms with Crippen LogP contribution in [0.5, 0.6) is 11.5 Å². The van der Waals surface area contributed by atoms with Crippen LogP contribution in [0.2, 0.25) is 0 Å². The van der Waals surface area contributed by atoms with Crippen molar-refractivity contribution in [2.75, 3.05) is 34.0 Å². The molecular weight excluding hydrogens is 458 g/mol. The van der Waals surface area contributed by atoms with E-state index in [0.29, 0.717) is 60.0 Å². The van der Waals surface area contributed by atoms with Crippen molar-refractivity contribution in [1.29, 1.82) is 0 Å². The Bertz CT molecular complexity index is 1180. The highest BCUT2D eigenvalue weighted by Crippen LogP contribution is 2.48. The number of benzene rings is 2. The summed E-state index contributed by atoms with van der Waals surface area (Å²) in [4.78, 5) is 27.2. The minimum atomic E-state index is -0.643. The molecule has 0 radical (unpaired) electrons. The maximum absolute atomic E-state index is 13.8. The van der Waals surface area contributed by atoms with E-state index in [9.17, 15) is 9.59 Å². The summed E-state index contributed by atoms with van der Waals surface area (Å²) >= 11 is 0. The van der Waals surface area contributed by atoms with Crippen molar-refractivity contribution in [2.24, 2.45) is 0 Å². The van der Waals surface area contributed by atoms with Crippen LogP contribution in [0, 0.1) is 0 Å². The first-order valence-corrected chi connectivity index (χ1v) is 12.2. The summed E-state index contributed by atoms with van der Waals surface area (Å²) in [7, 11) is 3.16. The molecule has 0 saturated carbocycles. The molecule has 0 spiro atoms. The largest absolute Gasteiger partial charge is 0.497 e. The first kappa shape index (κ1) is 25.5. The number of dihydropyridines is 1. The molecule has 0 fully saturated rings. The van der Waals surface area contributed by atoms with E-state index < -0.39 is 11.9 Å². The molecule has 2 aromatic carbocycles. The zero-order valence-electron chi connectivity index (χ0n) is 21.3. The number of rotatable bonds is 9. The van der Waals surface area contributed by atoms with Gasteiger partial charge in [0, 0.05) is 35.6 Å². The summed E-state index contributed by atoms with van der Waals surface area (Å²) in [5.41, 5.74) is 4.27. The molecule has 0 amide bonds. The monoisotopic (exact) mass is 491 g/mol. The van der Waals surface area contributed by atoms with E-state index in [0.717, 1.165) is 11.3 Å². The number of hydrogen-bond acceptors (Lipinski definition) is 7. The summed E-state index contributed by atoms with van der Waals surface area (Å²) in [6, 6.07) is 15.5. The predicted molar refractivity (Wildman–Crippen MR) is 136 cm³/mol. The van der Waals surface area contributed by atoms with E-state index in [2.05, 4.69) is 17.4 Å². The van der Waals surface area contributed by atoms with Gasteiger partial charge in [-0.2, -0.15) is 0 Å². The van der Waals surface area contributed by atoms with Gasteiger partial charge in [0.1, 0.15) is 18.1 Å². The third-order valence-electron chi connectivity index (χ3n) is 6.73. The highest BCUT2D eigenvalue weighted by molar-refractivity contribution is 6.04. The Labute approximate surface area is 212 Å². The summed E-state index contributed by atoms with van der Waals surface area (Å²) < 4.78 is 22.0. The highest BCUT2D eigenvalue weighted by Gasteiger charge is 2.42. The number of Topliss-reactive ketones (excluding diaryl/α,β-unsaturated/α-hetero) is 1. The number of hydrogen-bond donors (Lipinski definition) is 1. The first-order chi connectivity index (χ1) is 17.5. The molecule has 2 aromatic rings. The Morgan fingerprint density at radius 2 is 1.81 bits per heavy atom. The number of ether oxygens (including phenoxy) is 4. The molecule has 2 aliphatic rings. The lowest BCUT2D eigenvalue weighted by atomic mass is 9.71. The second kappa shape index (κ2) is 11.4. The van der Waals surface area contributed by atoms with Crippen molar-refractivity contribution >= 4 is 11.8 Å². The first-order valence-electron chi connectivity index (χ1n) is 12.2. The zero-order valence-corrected chi connectivity index (χ0v) is 21.3. The Hall–Kier alpha value is -3.58. The van der Waals surface area contributed by atoms with E-state index in [1.807, 2.05) is 38.1 Å². The van der Waals surface area contributed by atoms with Crippen molar-refractivity contribution in [3.63, 3.8) is 0 Å². The van der Waals surface area contributed by atoms with Crippen LogP contribution in [-0.4, -0.2) is 45.8 Å². The van der Waals surface area contributed by atoms with Crippen LogP contribution < -0.4 is 14.8 Å². The highest BCUT2D eigenvalue weighted by atomic mass is 16.6. The molecule has 2 atom stereocenters. The van der Waals surface area contributed by atoms with E-state index in [1.165, 1.54) is 0 Å². The predicted octanol–water partition coefficient (Wildman–Crippen LogP) is 4.65. The summed E-state index contributed by atoms with van der Waals surface area (Å²) in [6.07, 6.45) is 1.02. The minimum absolute atomic E-state index is 0.000377. The number of esters is 1. The van der Waals surface area contributed by atoms with Gasteiger partial charge < -0.3 is 24.3 Å². The number of allylic oxidation sites excluding steroid dienone is 3. The van der Waals surface area contributed by atoms with Gasteiger partial charge in [0.2, 0.25) is 0 Å². The summed E-state index contributed by atoms with van der Waals surface area (Å²) in [5, 5.41) is 3.38. The third kappa shape index (κ3) is 5.16. The Morgan fingerprint density at radius 3 is 2.50 bits per heavy atom. The molecule has 1 N–H and O–H groups in total. The molecule has 1 aliphatic carbocycles. The van der Waals surface area contributed by atoms with Crippen molar-refractivity contribution in [3.05, 3.63) is 82.2 Å². The SMILES string of the molecule is CCOCCOC(=O)C1=C(C)NC2=C(C(=O)C[C@H](c3ccccc3)C2)[C@@H]1c1cc(OC)ccc1OC. The minimum Gasteiger partial charge on any atom is -0.497 e.